The van der Waals surface area contributed by atoms with Gasteiger partial charge in [-0.05, 0) is 31.5 Å². The smallest absolute Gasteiger partial charge is 0.191 e. The Bertz CT molecular complexity index is 904. The lowest BCUT2D eigenvalue weighted by Crippen LogP contribution is -2.38. The lowest BCUT2D eigenvalue weighted by Gasteiger charge is -2.16. The SMILES string of the molecule is CCNC(=NCCS(=O)Cc1ccccc1)NC(C)c1cc2ccccc2o1. The predicted molar refractivity (Wildman–Crippen MR) is 117 cm³/mol. The first kappa shape index (κ1) is 20.1. The standard InChI is InChI=1S/C22H27N3O2S/c1-3-23-22(24-13-14-28(26)16-18-9-5-4-6-10-18)25-17(2)21-15-19-11-7-8-12-20(19)27-21/h4-12,15,17H,3,13-14,16H2,1-2H3,(H2,23,24,25). The zero-order valence-electron chi connectivity index (χ0n) is 16.4. The largest absolute Gasteiger partial charge is 0.459 e. The zero-order valence-corrected chi connectivity index (χ0v) is 17.2. The van der Waals surface area contributed by atoms with Crippen molar-refractivity contribution in [2.24, 2.45) is 4.99 Å². The van der Waals surface area contributed by atoms with Crippen LogP contribution in [0.15, 0.2) is 70.1 Å². The molecular weight excluding hydrogens is 370 g/mol. The number of hydrogen-bond acceptors (Lipinski definition) is 3. The summed E-state index contributed by atoms with van der Waals surface area (Å²) in [6, 6.07) is 19.9. The molecule has 0 radical (unpaired) electrons. The molecule has 0 bridgehead atoms. The first-order valence-corrected chi connectivity index (χ1v) is 11.1. The summed E-state index contributed by atoms with van der Waals surface area (Å²) in [5.41, 5.74) is 1.97. The van der Waals surface area contributed by atoms with E-state index in [-0.39, 0.29) is 6.04 Å². The zero-order chi connectivity index (χ0) is 19.8. The molecule has 0 aliphatic carbocycles. The molecule has 0 aliphatic rings. The Morgan fingerprint density at radius 2 is 1.89 bits per heavy atom. The van der Waals surface area contributed by atoms with Crippen molar-refractivity contribution in [1.29, 1.82) is 0 Å². The summed E-state index contributed by atoms with van der Waals surface area (Å²) in [5, 5.41) is 7.69. The number of rotatable bonds is 8. The van der Waals surface area contributed by atoms with Crippen LogP contribution < -0.4 is 10.6 Å². The fraction of sp³-hybridized carbons (Fsp3) is 0.318. The van der Waals surface area contributed by atoms with E-state index in [1.54, 1.807) is 0 Å². The molecule has 0 aliphatic heterocycles. The Morgan fingerprint density at radius 1 is 1.14 bits per heavy atom. The van der Waals surface area contributed by atoms with E-state index >= 15 is 0 Å². The van der Waals surface area contributed by atoms with Gasteiger partial charge in [0.05, 0.1) is 12.6 Å². The second-order valence-corrected chi connectivity index (χ2v) is 8.16. The molecule has 0 fully saturated rings. The van der Waals surface area contributed by atoms with Crippen LogP contribution in [0.5, 0.6) is 0 Å². The molecule has 1 heterocycles. The van der Waals surface area contributed by atoms with Crippen LogP contribution in [0.2, 0.25) is 0 Å². The Morgan fingerprint density at radius 3 is 2.64 bits per heavy atom. The van der Waals surface area contributed by atoms with E-state index < -0.39 is 10.8 Å². The van der Waals surface area contributed by atoms with Gasteiger partial charge in [-0.25, -0.2) is 0 Å². The van der Waals surface area contributed by atoms with Crippen molar-refractivity contribution in [3.8, 4) is 0 Å². The molecular formula is C22H27N3O2S. The van der Waals surface area contributed by atoms with E-state index in [1.165, 1.54) is 0 Å². The summed E-state index contributed by atoms with van der Waals surface area (Å²) in [6.07, 6.45) is 0. The van der Waals surface area contributed by atoms with Crippen molar-refractivity contribution in [1.82, 2.24) is 10.6 Å². The van der Waals surface area contributed by atoms with Crippen LogP contribution in [0.1, 0.15) is 31.2 Å². The summed E-state index contributed by atoms with van der Waals surface area (Å²) < 4.78 is 18.2. The number of hydrogen-bond donors (Lipinski definition) is 2. The molecule has 148 valence electrons. The summed E-state index contributed by atoms with van der Waals surface area (Å²) >= 11 is 0. The summed E-state index contributed by atoms with van der Waals surface area (Å²) in [6.45, 7) is 5.32. The van der Waals surface area contributed by atoms with Crippen molar-refractivity contribution in [2.75, 3.05) is 18.8 Å². The number of furan rings is 1. The quantitative estimate of drug-likeness (QED) is 0.445. The van der Waals surface area contributed by atoms with Gasteiger partial charge >= 0.3 is 0 Å². The number of fused-ring (bicyclic) bond motifs is 1. The monoisotopic (exact) mass is 397 g/mol. The average Bonchev–Trinajstić information content (AvgIpc) is 3.13. The highest BCUT2D eigenvalue weighted by molar-refractivity contribution is 7.84. The van der Waals surface area contributed by atoms with Gasteiger partial charge in [0, 0.05) is 34.2 Å². The molecule has 2 unspecified atom stereocenters. The first-order chi connectivity index (χ1) is 13.7. The summed E-state index contributed by atoms with van der Waals surface area (Å²) in [4.78, 5) is 4.57. The van der Waals surface area contributed by atoms with Crippen LogP contribution in [-0.4, -0.2) is 29.0 Å². The first-order valence-electron chi connectivity index (χ1n) is 9.58. The van der Waals surface area contributed by atoms with E-state index in [4.69, 9.17) is 4.42 Å². The van der Waals surface area contributed by atoms with Crippen molar-refractivity contribution in [2.45, 2.75) is 25.6 Å². The minimum Gasteiger partial charge on any atom is -0.459 e. The van der Waals surface area contributed by atoms with Gasteiger partial charge in [0.1, 0.15) is 11.3 Å². The lowest BCUT2D eigenvalue weighted by molar-refractivity contribution is 0.488. The summed E-state index contributed by atoms with van der Waals surface area (Å²) in [7, 11) is -0.932. The van der Waals surface area contributed by atoms with Crippen molar-refractivity contribution < 1.29 is 8.63 Å². The molecule has 1 aromatic heterocycles. The molecule has 6 heteroatoms. The number of guanidine groups is 1. The van der Waals surface area contributed by atoms with Gasteiger partial charge in [-0.2, -0.15) is 0 Å². The second-order valence-electron chi connectivity index (χ2n) is 6.59. The van der Waals surface area contributed by atoms with Crippen LogP contribution in [-0.2, 0) is 16.6 Å². The third kappa shape index (κ3) is 5.70. The van der Waals surface area contributed by atoms with Crippen molar-refractivity contribution in [3.05, 3.63) is 72.0 Å². The number of nitrogens with zero attached hydrogens (tertiary/aromatic N) is 1. The Labute approximate surface area is 168 Å². The van der Waals surface area contributed by atoms with Gasteiger partial charge < -0.3 is 15.1 Å². The number of aliphatic imine (C=N–C) groups is 1. The van der Waals surface area contributed by atoms with Gasteiger partial charge in [-0.1, -0.05) is 48.5 Å². The maximum atomic E-state index is 12.3. The molecule has 28 heavy (non-hydrogen) atoms. The molecule has 0 saturated heterocycles. The van der Waals surface area contributed by atoms with E-state index in [1.807, 2.05) is 74.5 Å². The highest BCUT2D eigenvalue weighted by atomic mass is 32.2. The maximum absolute atomic E-state index is 12.3. The third-order valence-electron chi connectivity index (χ3n) is 4.33. The maximum Gasteiger partial charge on any atom is 0.191 e. The van der Waals surface area contributed by atoms with E-state index in [9.17, 15) is 4.21 Å². The predicted octanol–water partition coefficient (Wildman–Crippen LogP) is 4.00. The lowest BCUT2D eigenvalue weighted by atomic mass is 10.2. The van der Waals surface area contributed by atoms with E-state index in [0.29, 0.717) is 24.0 Å². The van der Waals surface area contributed by atoms with Gasteiger partial charge in [0.25, 0.3) is 0 Å². The molecule has 0 saturated carbocycles. The topological polar surface area (TPSA) is 66.6 Å². The molecule has 2 N–H and O–H groups in total. The number of para-hydroxylation sites is 1. The molecule has 0 spiro atoms. The Kier molecular flexibility index (Phi) is 7.25. The summed E-state index contributed by atoms with van der Waals surface area (Å²) in [5.74, 6) is 2.66. The Balaban J connectivity index is 1.56. The molecule has 0 amide bonds. The molecule has 2 atom stereocenters. The molecule has 3 aromatic rings. The Hall–Kier alpha value is -2.60. The highest BCUT2D eigenvalue weighted by Gasteiger charge is 2.13. The second kappa shape index (κ2) is 10.1. The minimum absolute atomic E-state index is 0.0278. The van der Waals surface area contributed by atoms with Crippen molar-refractivity contribution >= 4 is 27.7 Å². The minimum atomic E-state index is -0.932. The van der Waals surface area contributed by atoms with Crippen LogP contribution in [0.4, 0.5) is 0 Å². The van der Waals surface area contributed by atoms with Crippen LogP contribution in [0.3, 0.4) is 0 Å². The molecule has 5 nitrogen and oxygen atoms in total. The van der Waals surface area contributed by atoms with E-state index in [0.717, 1.165) is 28.8 Å². The van der Waals surface area contributed by atoms with Gasteiger partial charge in [-0.3, -0.25) is 9.20 Å². The average molecular weight is 398 g/mol. The van der Waals surface area contributed by atoms with Gasteiger partial charge in [0.15, 0.2) is 5.96 Å². The normalized spacial score (nSPS) is 14.0. The fourth-order valence-electron chi connectivity index (χ4n) is 2.90. The molecule has 2 aromatic carbocycles. The number of benzene rings is 2. The highest BCUT2D eigenvalue weighted by Crippen LogP contribution is 2.23. The van der Waals surface area contributed by atoms with Crippen molar-refractivity contribution in [3.63, 3.8) is 0 Å². The fourth-order valence-corrected chi connectivity index (χ4v) is 3.91. The van der Waals surface area contributed by atoms with Crippen LogP contribution in [0.25, 0.3) is 11.0 Å². The van der Waals surface area contributed by atoms with E-state index in [2.05, 4.69) is 15.6 Å². The van der Waals surface area contributed by atoms with Crippen LogP contribution in [0, 0.1) is 0 Å². The number of nitrogens with one attached hydrogen (secondary N) is 2. The van der Waals surface area contributed by atoms with Gasteiger partial charge in [0.2, 0.25) is 0 Å². The third-order valence-corrected chi connectivity index (χ3v) is 5.62. The van der Waals surface area contributed by atoms with Crippen LogP contribution >= 0.6 is 0 Å². The van der Waals surface area contributed by atoms with Gasteiger partial charge in [-0.15, -0.1) is 0 Å². The molecule has 3 rings (SSSR count).